The molecule has 0 spiro atoms. The minimum absolute atomic E-state index is 0.0109. The third-order valence-electron chi connectivity index (χ3n) is 6.28. The van der Waals surface area contributed by atoms with E-state index in [1.54, 1.807) is 6.08 Å². The molecular formula is C29H35NO6. The van der Waals surface area contributed by atoms with Crippen molar-refractivity contribution >= 4 is 12.0 Å². The fraction of sp³-hybridized carbons (Fsp3) is 0.379. The number of carbonyl (C=O) groups excluding carboxylic acids is 2. The van der Waals surface area contributed by atoms with Gasteiger partial charge in [-0.1, -0.05) is 86.7 Å². The molecule has 5 atom stereocenters. The number of carbonyl (C=O) groups is 2. The molecular weight excluding hydrogens is 458 g/mol. The number of aliphatic hydroxyl groups is 1. The topological polar surface area (TPSA) is 85.3 Å². The van der Waals surface area contributed by atoms with E-state index in [0.717, 1.165) is 16.0 Å². The maximum Gasteiger partial charge on any atom is 0.417 e. The molecule has 2 amide bonds. The maximum absolute atomic E-state index is 13.5. The Balaban J connectivity index is 1.84. The van der Waals surface area contributed by atoms with Crippen molar-refractivity contribution in [2.75, 3.05) is 6.61 Å². The second-order valence-corrected chi connectivity index (χ2v) is 9.11. The summed E-state index contributed by atoms with van der Waals surface area (Å²) < 4.78 is 17.4. The predicted molar refractivity (Wildman–Crippen MR) is 137 cm³/mol. The van der Waals surface area contributed by atoms with Gasteiger partial charge in [0.1, 0.15) is 18.8 Å². The van der Waals surface area contributed by atoms with Gasteiger partial charge in [-0.25, -0.2) is 9.69 Å². The standard InChI is InChI=1S/C29H35NO6/c1-5-23(28(32)30-24(20(3)4)19-36-29(30)33)26(31)27(35-18-22-15-11-8-12-16-22)25(6-2)34-17-21-13-9-7-10-14-21/h5-16,20,23-27,31H,1-2,17-19H2,3-4H3/t23-,24-,25+,26+,27-/m1/s1. The van der Waals surface area contributed by atoms with Gasteiger partial charge in [-0.3, -0.25) is 4.79 Å². The van der Waals surface area contributed by atoms with Gasteiger partial charge in [0.05, 0.1) is 31.3 Å². The first-order valence-corrected chi connectivity index (χ1v) is 12.1. The lowest BCUT2D eigenvalue weighted by atomic mass is 9.92. The SMILES string of the molecule is C=C[C@H](OCc1ccccc1)[C@@H](OCc1ccccc1)[C@@H](O)[C@@H](C=C)C(=O)N1C(=O)OC[C@@H]1C(C)C. The van der Waals surface area contributed by atoms with Gasteiger partial charge in [0.15, 0.2) is 0 Å². The lowest BCUT2D eigenvalue weighted by Crippen LogP contribution is -2.51. The molecule has 1 heterocycles. The minimum Gasteiger partial charge on any atom is -0.447 e. The summed E-state index contributed by atoms with van der Waals surface area (Å²) in [4.78, 5) is 27.0. The molecule has 1 N–H and O–H groups in total. The van der Waals surface area contributed by atoms with Crippen LogP contribution >= 0.6 is 0 Å². The Kier molecular flexibility index (Phi) is 9.99. The van der Waals surface area contributed by atoms with Crippen LogP contribution in [0.25, 0.3) is 0 Å². The van der Waals surface area contributed by atoms with Crippen molar-refractivity contribution in [1.29, 1.82) is 0 Å². The number of rotatable bonds is 13. The number of hydrogen-bond donors (Lipinski definition) is 1. The summed E-state index contributed by atoms with van der Waals surface area (Å²) in [5.74, 6) is -1.72. The van der Waals surface area contributed by atoms with Crippen molar-refractivity contribution in [3.05, 3.63) is 97.1 Å². The van der Waals surface area contributed by atoms with Crippen LogP contribution in [0.15, 0.2) is 86.0 Å². The summed E-state index contributed by atoms with van der Waals surface area (Å²) in [6, 6.07) is 18.7. The molecule has 0 saturated carbocycles. The molecule has 1 aliphatic rings. The lowest BCUT2D eigenvalue weighted by molar-refractivity contribution is -0.150. The molecule has 1 saturated heterocycles. The fourth-order valence-electron chi connectivity index (χ4n) is 4.15. The molecule has 0 unspecified atom stereocenters. The van der Waals surface area contributed by atoms with Crippen molar-refractivity contribution < 1.29 is 28.9 Å². The van der Waals surface area contributed by atoms with Crippen LogP contribution in [0.4, 0.5) is 4.79 Å². The molecule has 1 fully saturated rings. The minimum atomic E-state index is -1.36. The van der Waals surface area contributed by atoms with E-state index in [0.29, 0.717) is 0 Å². The second kappa shape index (κ2) is 13.2. The Morgan fingerprint density at radius 1 is 1.03 bits per heavy atom. The van der Waals surface area contributed by atoms with E-state index in [-0.39, 0.29) is 25.7 Å². The molecule has 7 nitrogen and oxygen atoms in total. The van der Waals surface area contributed by atoms with Gasteiger partial charge in [-0.05, 0) is 17.0 Å². The van der Waals surface area contributed by atoms with E-state index in [4.69, 9.17) is 14.2 Å². The van der Waals surface area contributed by atoms with E-state index in [1.807, 2.05) is 74.5 Å². The van der Waals surface area contributed by atoms with E-state index in [9.17, 15) is 14.7 Å². The summed E-state index contributed by atoms with van der Waals surface area (Å²) in [5, 5.41) is 11.5. The summed E-state index contributed by atoms with van der Waals surface area (Å²) in [5.41, 5.74) is 1.83. The highest BCUT2D eigenvalue weighted by atomic mass is 16.6. The predicted octanol–water partition coefficient (Wildman–Crippen LogP) is 4.51. The van der Waals surface area contributed by atoms with Crippen LogP contribution in [0, 0.1) is 11.8 Å². The van der Waals surface area contributed by atoms with Gasteiger partial charge in [-0.2, -0.15) is 0 Å². The molecule has 0 radical (unpaired) electrons. The Morgan fingerprint density at radius 3 is 2.08 bits per heavy atom. The summed E-state index contributed by atoms with van der Waals surface area (Å²) >= 11 is 0. The van der Waals surface area contributed by atoms with Crippen LogP contribution in [0.5, 0.6) is 0 Å². The molecule has 0 bridgehead atoms. The number of benzene rings is 2. The third-order valence-corrected chi connectivity index (χ3v) is 6.28. The Labute approximate surface area is 213 Å². The molecule has 7 heteroatoms. The molecule has 36 heavy (non-hydrogen) atoms. The number of ether oxygens (including phenoxy) is 3. The first-order chi connectivity index (χ1) is 17.4. The summed E-state index contributed by atoms with van der Waals surface area (Å²) in [6.07, 6.45) is -0.904. The molecule has 2 aromatic carbocycles. The number of hydrogen-bond acceptors (Lipinski definition) is 6. The molecule has 0 aromatic heterocycles. The van der Waals surface area contributed by atoms with E-state index in [1.165, 1.54) is 6.08 Å². The van der Waals surface area contributed by atoms with Crippen molar-refractivity contribution in [3.8, 4) is 0 Å². The van der Waals surface area contributed by atoms with Crippen LogP contribution in [0.1, 0.15) is 25.0 Å². The number of aliphatic hydroxyl groups excluding tert-OH is 1. The van der Waals surface area contributed by atoms with E-state index in [2.05, 4.69) is 13.2 Å². The highest BCUT2D eigenvalue weighted by Gasteiger charge is 2.45. The van der Waals surface area contributed by atoms with Crippen molar-refractivity contribution in [1.82, 2.24) is 4.90 Å². The monoisotopic (exact) mass is 493 g/mol. The van der Waals surface area contributed by atoms with Crippen LogP contribution in [-0.2, 0) is 32.2 Å². The first-order valence-electron chi connectivity index (χ1n) is 12.1. The molecule has 2 aromatic rings. The van der Waals surface area contributed by atoms with Crippen LogP contribution in [0.2, 0.25) is 0 Å². The zero-order chi connectivity index (χ0) is 26.1. The first kappa shape index (κ1) is 27.3. The smallest absolute Gasteiger partial charge is 0.417 e. The molecule has 192 valence electrons. The Morgan fingerprint density at radius 2 is 1.58 bits per heavy atom. The maximum atomic E-state index is 13.5. The van der Waals surface area contributed by atoms with Crippen LogP contribution < -0.4 is 0 Å². The van der Waals surface area contributed by atoms with Gasteiger partial charge >= 0.3 is 6.09 Å². The van der Waals surface area contributed by atoms with Gasteiger partial charge in [0.25, 0.3) is 0 Å². The van der Waals surface area contributed by atoms with Gasteiger partial charge in [0.2, 0.25) is 5.91 Å². The second-order valence-electron chi connectivity index (χ2n) is 9.11. The quantitative estimate of drug-likeness (QED) is 0.413. The summed E-state index contributed by atoms with van der Waals surface area (Å²) in [6.45, 7) is 12.0. The van der Waals surface area contributed by atoms with E-state index >= 15 is 0 Å². The fourth-order valence-corrected chi connectivity index (χ4v) is 4.15. The van der Waals surface area contributed by atoms with Crippen LogP contribution in [0.3, 0.4) is 0 Å². The Hall–Kier alpha value is -3.26. The summed E-state index contributed by atoms with van der Waals surface area (Å²) in [7, 11) is 0. The van der Waals surface area contributed by atoms with Crippen molar-refractivity contribution in [3.63, 3.8) is 0 Å². The number of cyclic esters (lactones) is 1. The van der Waals surface area contributed by atoms with Crippen molar-refractivity contribution in [2.24, 2.45) is 11.8 Å². The van der Waals surface area contributed by atoms with Crippen molar-refractivity contribution in [2.45, 2.75) is 51.4 Å². The largest absolute Gasteiger partial charge is 0.447 e. The number of nitrogens with zero attached hydrogens (tertiary/aromatic N) is 1. The van der Waals surface area contributed by atoms with Gasteiger partial charge in [0, 0.05) is 0 Å². The van der Waals surface area contributed by atoms with Gasteiger partial charge in [-0.15, -0.1) is 13.2 Å². The molecule has 1 aliphatic heterocycles. The highest BCUT2D eigenvalue weighted by Crippen LogP contribution is 2.27. The average molecular weight is 494 g/mol. The van der Waals surface area contributed by atoms with Gasteiger partial charge < -0.3 is 19.3 Å². The zero-order valence-corrected chi connectivity index (χ0v) is 20.9. The number of amides is 2. The lowest BCUT2D eigenvalue weighted by Gasteiger charge is -2.34. The Bertz CT molecular complexity index is 1010. The number of imide groups is 1. The molecule has 0 aliphatic carbocycles. The third kappa shape index (κ3) is 6.69. The highest BCUT2D eigenvalue weighted by molar-refractivity contribution is 5.96. The molecule has 3 rings (SSSR count). The normalized spacial score (nSPS) is 18.8. The van der Waals surface area contributed by atoms with Crippen LogP contribution in [-0.4, -0.2) is 53.0 Å². The average Bonchev–Trinajstić information content (AvgIpc) is 3.29. The zero-order valence-electron chi connectivity index (χ0n) is 20.9. The van der Waals surface area contributed by atoms with E-state index < -0.39 is 42.3 Å².